The number of rotatable bonds is 19. The normalized spacial score (nSPS) is 11.8. The third kappa shape index (κ3) is 13.8. The summed E-state index contributed by atoms with van der Waals surface area (Å²) in [7, 11) is 0. The Morgan fingerprint density at radius 3 is 2.00 bits per heavy atom. The molecule has 2 amide bonds. The Labute approximate surface area is 187 Å². The van der Waals surface area contributed by atoms with Gasteiger partial charge in [-0.3, -0.25) is 9.59 Å². The van der Waals surface area contributed by atoms with Gasteiger partial charge in [-0.25, -0.2) is 0 Å². The van der Waals surface area contributed by atoms with Gasteiger partial charge in [0.25, 0.3) is 5.91 Å². The molecule has 0 saturated heterocycles. The van der Waals surface area contributed by atoms with E-state index < -0.39 is 6.04 Å². The lowest BCUT2D eigenvalue weighted by Crippen LogP contribution is -2.47. The van der Waals surface area contributed by atoms with E-state index in [1.165, 1.54) is 0 Å². The van der Waals surface area contributed by atoms with Gasteiger partial charge in [0, 0.05) is 12.1 Å². The largest absolute Gasteiger partial charge is 0.354 e. The Bertz CT molecular complexity index is 585. The molecule has 0 aliphatic rings. The first kappa shape index (κ1) is 27.0. The number of hydrogen-bond acceptors (Lipinski definition) is 6. The lowest BCUT2D eigenvalue weighted by Gasteiger charge is -2.18. The molecule has 1 aromatic carbocycles. The molecule has 8 N–H and O–H groups in total. The number of carbonyl (C=O) groups is 2. The Balaban J connectivity index is 2.21. The van der Waals surface area contributed by atoms with E-state index in [0.717, 1.165) is 71.2 Å². The Kier molecular flexibility index (Phi) is 16.3. The molecule has 0 saturated carbocycles. The van der Waals surface area contributed by atoms with Gasteiger partial charge in [-0.1, -0.05) is 18.2 Å². The summed E-state index contributed by atoms with van der Waals surface area (Å²) >= 11 is 0. The highest BCUT2D eigenvalue weighted by Gasteiger charge is 2.20. The van der Waals surface area contributed by atoms with Gasteiger partial charge in [-0.15, -0.1) is 0 Å². The quantitative estimate of drug-likeness (QED) is 0.178. The van der Waals surface area contributed by atoms with E-state index in [1.807, 2.05) is 18.2 Å². The van der Waals surface area contributed by atoms with Crippen LogP contribution < -0.4 is 32.7 Å². The molecule has 1 aromatic rings. The van der Waals surface area contributed by atoms with Crippen LogP contribution in [0.25, 0.3) is 0 Å². The molecular weight excluding hydrogens is 392 g/mol. The first-order valence-electron chi connectivity index (χ1n) is 11.6. The molecule has 0 aliphatic heterocycles. The molecule has 1 rings (SSSR count). The van der Waals surface area contributed by atoms with Crippen LogP contribution in [0.15, 0.2) is 30.3 Å². The minimum Gasteiger partial charge on any atom is -0.354 e. The van der Waals surface area contributed by atoms with Crippen molar-refractivity contribution in [1.82, 2.24) is 21.3 Å². The zero-order valence-corrected chi connectivity index (χ0v) is 18.8. The van der Waals surface area contributed by atoms with Crippen molar-refractivity contribution >= 4 is 11.8 Å². The molecule has 8 nitrogen and oxygen atoms in total. The van der Waals surface area contributed by atoms with E-state index >= 15 is 0 Å². The van der Waals surface area contributed by atoms with Gasteiger partial charge in [0.05, 0.1) is 0 Å². The second kappa shape index (κ2) is 18.7. The number of hydrogen-bond donors (Lipinski definition) is 6. The average Bonchev–Trinajstić information content (AvgIpc) is 2.79. The topological polar surface area (TPSA) is 134 Å². The summed E-state index contributed by atoms with van der Waals surface area (Å²) in [5.41, 5.74) is 11.6. The summed E-state index contributed by atoms with van der Waals surface area (Å²) in [5.74, 6) is -0.363. The molecule has 8 heteroatoms. The maximum atomic E-state index is 12.6. The van der Waals surface area contributed by atoms with Crippen LogP contribution in [-0.2, 0) is 4.79 Å². The van der Waals surface area contributed by atoms with Crippen molar-refractivity contribution in [1.29, 1.82) is 0 Å². The van der Waals surface area contributed by atoms with Crippen LogP contribution in [0.2, 0.25) is 0 Å². The molecule has 0 radical (unpaired) electrons. The molecular formula is C23H42N6O2. The van der Waals surface area contributed by atoms with E-state index in [9.17, 15) is 9.59 Å². The van der Waals surface area contributed by atoms with Crippen molar-refractivity contribution in [2.24, 2.45) is 11.5 Å². The molecule has 176 valence electrons. The van der Waals surface area contributed by atoms with Crippen LogP contribution in [0.1, 0.15) is 55.3 Å². The minimum absolute atomic E-state index is 0.134. The molecule has 0 unspecified atom stereocenters. The summed E-state index contributed by atoms with van der Waals surface area (Å²) in [5, 5.41) is 12.6. The van der Waals surface area contributed by atoms with Crippen molar-refractivity contribution < 1.29 is 9.59 Å². The second-order valence-corrected chi connectivity index (χ2v) is 7.67. The van der Waals surface area contributed by atoms with Crippen LogP contribution in [0.5, 0.6) is 0 Å². The van der Waals surface area contributed by atoms with Gasteiger partial charge in [0.1, 0.15) is 6.04 Å². The summed E-state index contributed by atoms with van der Waals surface area (Å²) in [4.78, 5) is 25.0. The highest BCUT2D eigenvalue weighted by molar-refractivity contribution is 5.97. The SMILES string of the molecule is NCCCC[C@@H](NC(=O)c1ccccc1)C(=O)NCCCNCCCCNCCCN. The van der Waals surface area contributed by atoms with Gasteiger partial charge in [-0.05, 0) is 96.3 Å². The fraction of sp³-hybridized carbons (Fsp3) is 0.652. The number of unbranched alkanes of at least 4 members (excludes halogenated alkanes) is 2. The highest BCUT2D eigenvalue weighted by atomic mass is 16.2. The lowest BCUT2D eigenvalue weighted by atomic mass is 10.1. The van der Waals surface area contributed by atoms with Crippen molar-refractivity contribution in [3.05, 3.63) is 35.9 Å². The standard InChI is InChI=1S/C23H42N6O2/c24-13-5-4-12-21(29-22(30)20-10-2-1-3-11-20)23(31)28-19-9-18-27-16-7-6-15-26-17-8-14-25/h1-3,10-11,21,26-27H,4-9,12-19,24-25H2,(H,28,31)(H,29,30)/t21-/m1/s1. The van der Waals surface area contributed by atoms with Crippen LogP contribution in [-0.4, -0.2) is 63.7 Å². The van der Waals surface area contributed by atoms with E-state index in [1.54, 1.807) is 12.1 Å². The number of nitrogens with two attached hydrogens (primary N) is 2. The van der Waals surface area contributed by atoms with Gasteiger partial charge < -0.3 is 32.7 Å². The minimum atomic E-state index is -0.543. The fourth-order valence-corrected chi connectivity index (χ4v) is 3.12. The molecule has 0 spiro atoms. The summed E-state index contributed by atoms with van der Waals surface area (Å²) in [6, 6.07) is 8.42. The monoisotopic (exact) mass is 434 g/mol. The molecule has 0 aliphatic carbocycles. The van der Waals surface area contributed by atoms with Gasteiger partial charge in [0.15, 0.2) is 0 Å². The maximum absolute atomic E-state index is 12.6. The van der Waals surface area contributed by atoms with Gasteiger partial charge >= 0.3 is 0 Å². The predicted molar refractivity (Wildman–Crippen MR) is 127 cm³/mol. The molecule has 0 aromatic heterocycles. The van der Waals surface area contributed by atoms with E-state index in [-0.39, 0.29) is 11.8 Å². The lowest BCUT2D eigenvalue weighted by molar-refractivity contribution is -0.123. The van der Waals surface area contributed by atoms with E-state index in [4.69, 9.17) is 11.5 Å². The third-order valence-corrected chi connectivity index (χ3v) is 4.95. The summed E-state index contributed by atoms with van der Waals surface area (Å²) in [6.07, 6.45) is 6.34. The van der Waals surface area contributed by atoms with Crippen molar-refractivity contribution in [2.45, 2.75) is 51.0 Å². The van der Waals surface area contributed by atoms with Crippen LogP contribution in [0, 0.1) is 0 Å². The number of nitrogens with one attached hydrogen (secondary N) is 4. The Hall–Kier alpha value is -2.00. The third-order valence-electron chi connectivity index (χ3n) is 4.95. The van der Waals surface area contributed by atoms with Crippen LogP contribution in [0.3, 0.4) is 0 Å². The van der Waals surface area contributed by atoms with Gasteiger partial charge in [0.2, 0.25) is 5.91 Å². The molecule has 0 fully saturated rings. The van der Waals surface area contributed by atoms with Crippen LogP contribution in [0.4, 0.5) is 0 Å². The summed E-state index contributed by atoms with van der Waals surface area (Å²) in [6.45, 7) is 5.74. The van der Waals surface area contributed by atoms with Crippen LogP contribution >= 0.6 is 0 Å². The molecule has 0 bridgehead atoms. The van der Waals surface area contributed by atoms with Crippen molar-refractivity contribution in [2.75, 3.05) is 45.8 Å². The Morgan fingerprint density at radius 2 is 1.35 bits per heavy atom. The molecule has 0 heterocycles. The maximum Gasteiger partial charge on any atom is 0.251 e. The molecule has 1 atom stereocenters. The fourth-order valence-electron chi connectivity index (χ4n) is 3.12. The first-order chi connectivity index (χ1) is 15.2. The first-order valence-corrected chi connectivity index (χ1v) is 11.6. The van der Waals surface area contributed by atoms with E-state index in [2.05, 4.69) is 21.3 Å². The zero-order chi connectivity index (χ0) is 22.6. The number of amides is 2. The summed E-state index contributed by atoms with van der Waals surface area (Å²) < 4.78 is 0. The predicted octanol–water partition coefficient (Wildman–Crippen LogP) is 0.729. The number of benzene rings is 1. The van der Waals surface area contributed by atoms with Crippen molar-refractivity contribution in [3.63, 3.8) is 0 Å². The van der Waals surface area contributed by atoms with Crippen molar-refractivity contribution in [3.8, 4) is 0 Å². The zero-order valence-electron chi connectivity index (χ0n) is 18.8. The number of carbonyl (C=O) groups excluding carboxylic acids is 2. The second-order valence-electron chi connectivity index (χ2n) is 7.67. The van der Waals surface area contributed by atoms with E-state index in [0.29, 0.717) is 25.1 Å². The smallest absolute Gasteiger partial charge is 0.251 e. The Morgan fingerprint density at radius 1 is 0.742 bits per heavy atom. The highest BCUT2D eigenvalue weighted by Crippen LogP contribution is 2.04. The average molecular weight is 435 g/mol. The molecule has 31 heavy (non-hydrogen) atoms. The van der Waals surface area contributed by atoms with Gasteiger partial charge in [-0.2, -0.15) is 0 Å².